The average Bonchev–Trinajstić information content (AvgIpc) is 1.64. The average molecular weight is 1150 g/mol. The summed E-state index contributed by atoms with van der Waals surface area (Å²) in [5.41, 5.74) is 13.6. The van der Waals surface area contributed by atoms with E-state index in [4.69, 9.17) is 27.5 Å². The predicted molar refractivity (Wildman–Crippen MR) is 312 cm³/mol. The lowest BCUT2D eigenvalue weighted by Gasteiger charge is -2.12. The molecule has 6 aromatic carbocycles. The fraction of sp³-hybridized carbons (Fsp3) is 0.129. The van der Waals surface area contributed by atoms with Crippen LogP contribution in [0.15, 0.2) is 142 Å². The number of carbonyl (C=O) groups excluding carboxylic acids is 8. The summed E-state index contributed by atoms with van der Waals surface area (Å²) in [6, 6.07) is 36.1. The van der Waals surface area contributed by atoms with Gasteiger partial charge in [0.15, 0.2) is 23.1 Å². The number of nitrogens with two attached hydrogens (primary N) is 1. The summed E-state index contributed by atoms with van der Waals surface area (Å²) in [5.74, 6) is -4.06. The van der Waals surface area contributed by atoms with Crippen molar-refractivity contribution in [2.24, 2.45) is 21.1 Å². The van der Waals surface area contributed by atoms with E-state index in [9.17, 15) is 57.5 Å². The van der Waals surface area contributed by atoms with Crippen LogP contribution in [0.25, 0.3) is 66.1 Å². The zero-order valence-electron chi connectivity index (χ0n) is 45.0. The highest BCUT2D eigenvalue weighted by Gasteiger charge is 2.34. The zero-order valence-corrected chi connectivity index (χ0v) is 45.7. The number of aliphatic hydroxyl groups is 1. The van der Waals surface area contributed by atoms with Gasteiger partial charge in [0.05, 0.1) is 58.1 Å². The summed E-state index contributed by atoms with van der Waals surface area (Å²) >= 11 is 4.81. The molecule has 0 unspecified atom stereocenters. The number of hydrogen-bond acceptors (Lipinski definition) is 15. The van der Waals surface area contributed by atoms with Gasteiger partial charge >= 0.3 is 11.9 Å². The number of carboxylic acid groups (broad SMARTS) is 1. The van der Waals surface area contributed by atoms with Gasteiger partial charge in [-0.25, -0.2) is 0 Å². The fourth-order valence-electron chi connectivity index (χ4n) is 10.4. The summed E-state index contributed by atoms with van der Waals surface area (Å²) in [6.45, 7) is -0.708. The second-order valence-electron chi connectivity index (χ2n) is 19.4. The molecule has 22 heteroatoms. The maximum Gasteiger partial charge on any atom is 0.314 e. The van der Waals surface area contributed by atoms with Gasteiger partial charge in [0.2, 0.25) is 17.1 Å². The molecule has 0 saturated carbocycles. The van der Waals surface area contributed by atoms with Crippen LogP contribution in [-0.4, -0.2) is 89.8 Å². The first-order chi connectivity index (χ1) is 40.1. The maximum absolute atomic E-state index is 12.9. The number of hydrogen-bond donors (Lipinski definition) is 5. The van der Waals surface area contributed by atoms with E-state index in [0.717, 1.165) is 16.7 Å². The fourth-order valence-corrected chi connectivity index (χ4v) is 10.5. The number of halogens is 1. The number of aliphatic hydroxyl groups excluding tert-OH is 1. The molecule has 6 N–H and O–H groups in total. The molecular formula is C62H47ClN6O15. The molecule has 0 saturated heterocycles. The maximum atomic E-state index is 12.9. The Labute approximate surface area is 479 Å². The Morgan fingerprint density at radius 2 is 0.833 bits per heavy atom. The van der Waals surface area contributed by atoms with E-state index in [0.29, 0.717) is 94.5 Å². The van der Waals surface area contributed by atoms with Crippen LogP contribution in [0.2, 0.25) is 0 Å². The van der Waals surface area contributed by atoms with Crippen molar-refractivity contribution in [3.8, 4) is 33.8 Å². The lowest BCUT2D eigenvalue weighted by atomic mass is 10.0. The van der Waals surface area contributed by atoms with Crippen LogP contribution in [0.1, 0.15) is 67.0 Å². The molecule has 84 heavy (non-hydrogen) atoms. The number of nitrogen functional groups attached to an aromatic ring is 1. The number of fused-ring (bicyclic) bond motifs is 15. The van der Waals surface area contributed by atoms with Crippen molar-refractivity contribution in [1.29, 1.82) is 0 Å². The number of carbonyl (C=O) groups is 9. The van der Waals surface area contributed by atoms with E-state index < -0.39 is 54.2 Å². The molecule has 0 atom stereocenters. The van der Waals surface area contributed by atoms with E-state index in [1.54, 1.807) is 98.5 Å². The SMILES string of the molecule is COC(=O)CC(=O)Cl.Cn1c2c(c3ccc(N)cc3c1=O)C(=O)c1ccccc1-2.Cn1c2c(c3ccc(NC(=O)CC(=O)CO)cc3c1=O)C(=O)c1ccccc1-2.Cn1c2c(c3ccc(NC(=O)CC(=O)O)cc3c1=O)C(=O)c1ccccc1-2. The molecule has 0 spiro atoms. The van der Waals surface area contributed by atoms with Crippen molar-refractivity contribution in [3.05, 3.63) is 192 Å². The van der Waals surface area contributed by atoms with Gasteiger partial charge in [-0.1, -0.05) is 91.0 Å². The van der Waals surface area contributed by atoms with Crippen molar-refractivity contribution in [3.63, 3.8) is 0 Å². The van der Waals surface area contributed by atoms with Gasteiger partial charge in [0.25, 0.3) is 16.7 Å². The monoisotopic (exact) mass is 1150 g/mol. The Bertz CT molecular complexity index is 4610. The second kappa shape index (κ2) is 23.4. The quantitative estimate of drug-likeness (QED) is 0.0449. The molecule has 422 valence electrons. The minimum Gasteiger partial charge on any atom is -0.481 e. The molecule has 12 rings (SSSR count). The zero-order chi connectivity index (χ0) is 60.6. The number of nitrogens with one attached hydrogen (secondary N) is 2. The number of pyridine rings is 3. The Morgan fingerprint density at radius 3 is 1.17 bits per heavy atom. The van der Waals surface area contributed by atoms with Crippen molar-refractivity contribution < 1.29 is 58.1 Å². The van der Waals surface area contributed by atoms with Crippen LogP contribution < -0.4 is 33.0 Å². The van der Waals surface area contributed by atoms with E-state index >= 15 is 0 Å². The first-order valence-corrected chi connectivity index (χ1v) is 25.8. The Hall–Kier alpha value is -10.8. The van der Waals surface area contributed by atoms with Crippen LogP contribution in [0.3, 0.4) is 0 Å². The van der Waals surface area contributed by atoms with Gasteiger partial charge in [-0.3, -0.25) is 57.5 Å². The molecule has 0 bridgehead atoms. The molecule has 0 radical (unpaired) electrons. The van der Waals surface area contributed by atoms with Gasteiger partial charge in [-0.15, -0.1) is 0 Å². The number of Topliss-reactive ketones (excluding diaryl/α,β-unsaturated/α-hetero) is 1. The van der Waals surface area contributed by atoms with Gasteiger partial charge < -0.3 is 45.0 Å². The third-order valence-electron chi connectivity index (χ3n) is 14.1. The largest absolute Gasteiger partial charge is 0.481 e. The molecule has 21 nitrogen and oxygen atoms in total. The highest BCUT2D eigenvalue weighted by molar-refractivity contribution is 6.64. The Kier molecular flexibility index (Phi) is 16.1. The lowest BCUT2D eigenvalue weighted by molar-refractivity contribution is -0.142. The number of ketones is 4. The van der Waals surface area contributed by atoms with Crippen LogP contribution in [0.5, 0.6) is 0 Å². The van der Waals surface area contributed by atoms with E-state index in [1.165, 1.54) is 28.4 Å². The van der Waals surface area contributed by atoms with Gasteiger partial charge in [-0.05, 0) is 48.0 Å². The molecule has 9 aromatic rings. The Morgan fingerprint density at radius 1 is 0.488 bits per heavy atom. The number of rotatable bonds is 9. The second-order valence-corrected chi connectivity index (χ2v) is 19.8. The summed E-state index contributed by atoms with van der Waals surface area (Å²) in [5, 5.41) is 24.5. The number of carboxylic acids is 1. The number of benzene rings is 6. The number of ether oxygens (including phenoxy) is 1. The summed E-state index contributed by atoms with van der Waals surface area (Å²) in [6.07, 6.45) is -1.48. The van der Waals surface area contributed by atoms with Crippen LogP contribution in [-0.2, 0) is 54.6 Å². The number of aromatic nitrogens is 3. The van der Waals surface area contributed by atoms with Crippen molar-refractivity contribution in [1.82, 2.24) is 13.7 Å². The molecule has 3 aliphatic carbocycles. The minimum absolute atomic E-state index is 0.0361. The first kappa shape index (κ1) is 57.9. The number of nitrogens with zero attached hydrogens (tertiary/aromatic N) is 3. The molecule has 3 aliphatic rings. The third-order valence-corrected chi connectivity index (χ3v) is 14.2. The molecule has 3 aromatic heterocycles. The topological polar surface area (TPSA) is 319 Å². The Balaban J connectivity index is 0.000000143. The molecular weight excluding hydrogens is 1100 g/mol. The van der Waals surface area contributed by atoms with Crippen molar-refractivity contribution in [2.75, 3.05) is 30.1 Å². The number of methoxy groups -OCH3 is 1. The van der Waals surface area contributed by atoms with Crippen LogP contribution >= 0.6 is 11.6 Å². The number of aliphatic carboxylic acids is 1. The van der Waals surface area contributed by atoms with Gasteiger partial charge in [0.1, 0.15) is 19.4 Å². The van der Waals surface area contributed by atoms with E-state index in [2.05, 4.69) is 15.4 Å². The lowest BCUT2D eigenvalue weighted by Crippen LogP contribution is -2.21. The summed E-state index contributed by atoms with van der Waals surface area (Å²) in [7, 11) is 6.11. The first-order valence-electron chi connectivity index (χ1n) is 25.4. The van der Waals surface area contributed by atoms with Gasteiger partial charge in [0, 0.05) is 93.1 Å². The highest BCUT2D eigenvalue weighted by Crippen LogP contribution is 2.42. The summed E-state index contributed by atoms with van der Waals surface area (Å²) in [4.78, 5) is 142. The highest BCUT2D eigenvalue weighted by atomic mass is 35.5. The molecule has 2 amide bonds. The molecule has 0 aliphatic heterocycles. The van der Waals surface area contributed by atoms with E-state index in [1.807, 2.05) is 42.5 Å². The van der Waals surface area contributed by atoms with Crippen LogP contribution in [0, 0.1) is 0 Å². The minimum atomic E-state index is -1.25. The van der Waals surface area contributed by atoms with Crippen LogP contribution in [0.4, 0.5) is 17.1 Å². The number of esters is 1. The normalized spacial score (nSPS) is 11.8. The summed E-state index contributed by atoms with van der Waals surface area (Å²) < 4.78 is 8.54. The predicted octanol–water partition coefficient (Wildman–Crippen LogP) is 6.45. The standard InChI is InChI=1S/C21H16N2O5.C20H14N2O5.C17H12N2O2.C4H5ClO3/c1-23-19-14-4-2-3-5-15(14)20(27)18(19)13-7-6-11(8-16(13)21(23)28)22-17(26)9-12(25)10-24;1-22-18-12-4-2-3-5-13(12)19(26)17(18)11-7-6-10(8-14(11)20(22)27)21-15(23)9-16(24)25;1-19-15-11-4-2-3-5-12(11)16(20)14(15)10-7-6-9(18)8-13(10)17(19)21;1-8-4(7)2-3(5)6/h2-8,24H,9-10H2,1H3,(H,22,26);2-8H,9H2,1H3,(H,21,23)(H,24,25);2-8H,18H2,1H3;2H2,1H3. The van der Waals surface area contributed by atoms with E-state index in [-0.39, 0.29) is 45.8 Å². The smallest absolute Gasteiger partial charge is 0.314 e. The number of amides is 2. The molecule has 0 fully saturated rings. The molecule has 3 heterocycles. The third kappa shape index (κ3) is 10.7. The number of anilines is 3. The van der Waals surface area contributed by atoms with Crippen molar-refractivity contribution in [2.45, 2.75) is 19.3 Å². The van der Waals surface area contributed by atoms with Crippen molar-refractivity contribution >= 4 is 113 Å². The van der Waals surface area contributed by atoms with Gasteiger partial charge in [-0.2, -0.15) is 0 Å².